The minimum atomic E-state index is -0.333. The van der Waals surface area contributed by atoms with Crippen LogP contribution in [0.15, 0.2) is 0 Å². The van der Waals surface area contributed by atoms with E-state index in [2.05, 4.69) is 4.74 Å². The highest BCUT2D eigenvalue weighted by molar-refractivity contribution is 5.70. The van der Waals surface area contributed by atoms with Crippen molar-refractivity contribution in [2.45, 2.75) is 19.8 Å². The fourth-order valence-electron chi connectivity index (χ4n) is 0.927. The molecule has 0 atom stereocenters. The summed E-state index contributed by atoms with van der Waals surface area (Å²) in [6.07, 6.45) is 1.94. The second-order valence-corrected chi connectivity index (χ2v) is 2.97. The summed E-state index contributed by atoms with van der Waals surface area (Å²) < 4.78 is 15.0. The second-order valence-electron chi connectivity index (χ2n) is 2.97. The standard InChI is InChI=1S/C10H21NO4/c1-2-15-10(12)9-14-8-7-13-6-4-3-5-11/h2-9,11H2,1H3. The molecule has 0 spiro atoms. The van der Waals surface area contributed by atoms with Crippen molar-refractivity contribution in [3.63, 3.8) is 0 Å². The molecular formula is C10H21NO4. The van der Waals surface area contributed by atoms with Gasteiger partial charge in [-0.25, -0.2) is 4.79 Å². The number of ether oxygens (including phenoxy) is 3. The lowest BCUT2D eigenvalue weighted by atomic mass is 10.3. The van der Waals surface area contributed by atoms with Crippen molar-refractivity contribution in [1.29, 1.82) is 0 Å². The summed E-state index contributed by atoms with van der Waals surface area (Å²) in [5.74, 6) is -0.333. The lowest BCUT2D eigenvalue weighted by molar-refractivity contribution is -0.148. The summed E-state index contributed by atoms with van der Waals surface area (Å²) in [6, 6.07) is 0. The molecular weight excluding hydrogens is 198 g/mol. The van der Waals surface area contributed by atoms with E-state index < -0.39 is 0 Å². The van der Waals surface area contributed by atoms with Crippen molar-refractivity contribution < 1.29 is 19.0 Å². The first-order chi connectivity index (χ1) is 7.31. The number of esters is 1. The van der Waals surface area contributed by atoms with E-state index in [9.17, 15) is 4.79 Å². The van der Waals surface area contributed by atoms with Gasteiger partial charge in [-0.15, -0.1) is 0 Å². The van der Waals surface area contributed by atoms with Crippen molar-refractivity contribution in [2.75, 3.05) is 39.6 Å². The van der Waals surface area contributed by atoms with E-state index in [0.29, 0.717) is 33.0 Å². The molecule has 0 heterocycles. The van der Waals surface area contributed by atoms with Crippen LogP contribution in [0.1, 0.15) is 19.8 Å². The highest BCUT2D eigenvalue weighted by atomic mass is 16.6. The number of rotatable bonds is 10. The van der Waals surface area contributed by atoms with Crippen molar-refractivity contribution in [2.24, 2.45) is 5.73 Å². The normalized spacial score (nSPS) is 10.3. The summed E-state index contributed by atoms with van der Waals surface area (Å²) in [7, 11) is 0. The minimum absolute atomic E-state index is 0. The summed E-state index contributed by atoms with van der Waals surface area (Å²) in [6.45, 7) is 4.46. The zero-order valence-electron chi connectivity index (χ0n) is 9.37. The Balaban J connectivity index is 3.01. The van der Waals surface area contributed by atoms with E-state index in [1.165, 1.54) is 0 Å². The first kappa shape index (κ1) is 14.3. The van der Waals surface area contributed by atoms with Gasteiger partial charge in [0.25, 0.3) is 0 Å². The maximum atomic E-state index is 10.8. The smallest absolute Gasteiger partial charge is 0.332 e. The summed E-state index contributed by atoms with van der Waals surface area (Å²) in [5, 5.41) is 0. The van der Waals surface area contributed by atoms with Crippen LogP contribution in [0.5, 0.6) is 0 Å². The van der Waals surface area contributed by atoms with Gasteiger partial charge in [0.15, 0.2) is 0 Å². The molecule has 0 saturated carbocycles. The maximum Gasteiger partial charge on any atom is 0.332 e. The van der Waals surface area contributed by atoms with Crippen LogP contribution in [0, 0.1) is 0 Å². The molecule has 0 radical (unpaired) electrons. The Morgan fingerprint density at radius 1 is 1.13 bits per heavy atom. The van der Waals surface area contributed by atoms with E-state index in [-0.39, 0.29) is 12.6 Å². The van der Waals surface area contributed by atoms with Crippen molar-refractivity contribution >= 4 is 5.97 Å². The zero-order chi connectivity index (χ0) is 11.4. The number of hydrogen-bond donors (Lipinski definition) is 1. The predicted molar refractivity (Wildman–Crippen MR) is 56.6 cm³/mol. The van der Waals surface area contributed by atoms with Gasteiger partial charge in [-0.2, -0.15) is 0 Å². The van der Waals surface area contributed by atoms with Crippen LogP contribution in [0.25, 0.3) is 0 Å². The van der Waals surface area contributed by atoms with Crippen LogP contribution < -0.4 is 5.73 Å². The molecule has 5 heteroatoms. The Morgan fingerprint density at radius 3 is 2.53 bits per heavy atom. The van der Waals surface area contributed by atoms with Gasteiger partial charge in [0.1, 0.15) is 6.61 Å². The Hall–Kier alpha value is -0.650. The summed E-state index contributed by atoms with van der Waals surface area (Å²) in [5.41, 5.74) is 5.32. The highest BCUT2D eigenvalue weighted by Gasteiger charge is 2.00. The first-order valence-electron chi connectivity index (χ1n) is 5.32. The highest BCUT2D eigenvalue weighted by Crippen LogP contribution is 1.88. The average molecular weight is 219 g/mol. The van der Waals surface area contributed by atoms with Crippen LogP contribution in [-0.2, 0) is 19.0 Å². The topological polar surface area (TPSA) is 70.8 Å². The van der Waals surface area contributed by atoms with Gasteiger partial charge in [-0.1, -0.05) is 0 Å². The van der Waals surface area contributed by atoms with E-state index in [4.69, 9.17) is 15.2 Å². The molecule has 5 nitrogen and oxygen atoms in total. The number of nitrogens with two attached hydrogens (primary N) is 1. The van der Waals surface area contributed by atoms with E-state index >= 15 is 0 Å². The number of carbonyl (C=O) groups is 1. The molecule has 0 fully saturated rings. The molecule has 0 bridgehead atoms. The minimum Gasteiger partial charge on any atom is -0.464 e. The lowest BCUT2D eigenvalue weighted by Crippen LogP contribution is -2.15. The quantitative estimate of drug-likeness (QED) is 0.423. The fraction of sp³-hybridized carbons (Fsp3) is 0.900. The molecule has 0 aromatic rings. The molecule has 0 aliphatic heterocycles. The lowest BCUT2D eigenvalue weighted by Gasteiger charge is -2.05. The van der Waals surface area contributed by atoms with Crippen LogP contribution in [-0.4, -0.2) is 45.5 Å². The van der Waals surface area contributed by atoms with Gasteiger partial charge in [0.05, 0.1) is 19.8 Å². The fourth-order valence-corrected chi connectivity index (χ4v) is 0.927. The Morgan fingerprint density at radius 2 is 1.87 bits per heavy atom. The van der Waals surface area contributed by atoms with Gasteiger partial charge in [0, 0.05) is 6.61 Å². The number of carbonyl (C=O) groups excluding carboxylic acids is 1. The molecule has 0 aliphatic carbocycles. The average Bonchev–Trinajstić information content (AvgIpc) is 2.22. The third kappa shape index (κ3) is 11.3. The molecule has 0 amide bonds. The van der Waals surface area contributed by atoms with Crippen molar-refractivity contribution in [1.82, 2.24) is 0 Å². The van der Waals surface area contributed by atoms with Crippen molar-refractivity contribution in [3.8, 4) is 0 Å². The summed E-state index contributed by atoms with van der Waals surface area (Å²) >= 11 is 0. The van der Waals surface area contributed by atoms with Gasteiger partial charge in [-0.05, 0) is 26.3 Å². The molecule has 0 unspecified atom stereocenters. The molecule has 15 heavy (non-hydrogen) atoms. The monoisotopic (exact) mass is 219 g/mol. The van der Waals surface area contributed by atoms with Crippen LogP contribution in [0.2, 0.25) is 0 Å². The largest absolute Gasteiger partial charge is 0.464 e. The van der Waals surface area contributed by atoms with E-state index in [0.717, 1.165) is 12.8 Å². The van der Waals surface area contributed by atoms with Crippen LogP contribution in [0.4, 0.5) is 0 Å². The van der Waals surface area contributed by atoms with E-state index in [1.54, 1.807) is 6.92 Å². The molecule has 90 valence electrons. The molecule has 0 aromatic heterocycles. The molecule has 0 saturated heterocycles. The van der Waals surface area contributed by atoms with E-state index in [1.807, 2.05) is 0 Å². The second kappa shape index (κ2) is 11.4. The van der Waals surface area contributed by atoms with Crippen LogP contribution in [0.3, 0.4) is 0 Å². The van der Waals surface area contributed by atoms with Gasteiger partial charge in [-0.3, -0.25) is 0 Å². The summed E-state index contributed by atoms with van der Waals surface area (Å²) in [4.78, 5) is 10.8. The van der Waals surface area contributed by atoms with Crippen LogP contribution >= 0.6 is 0 Å². The van der Waals surface area contributed by atoms with Gasteiger partial charge in [0.2, 0.25) is 0 Å². The first-order valence-corrected chi connectivity index (χ1v) is 5.32. The predicted octanol–water partition coefficient (Wildman–Crippen LogP) is 0.322. The van der Waals surface area contributed by atoms with Gasteiger partial charge < -0.3 is 19.9 Å². The Bertz CT molecular complexity index is 152. The van der Waals surface area contributed by atoms with Crippen molar-refractivity contribution in [3.05, 3.63) is 0 Å². The molecule has 0 aliphatic rings. The molecule has 2 N–H and O–H groups in total. The maximum absolute atomic E-state index is 10.8. The SMILES string of the molecule is CCOC(=O)COCCOCCCCN. The molecule has 0 aromatic carbocycles. The molecule has 0 rings (SSSR count). The third-order valence-corrected chi connectivity index (χ3v) is 1.64. The number of unbranched alkanes of at least 4 members (excludes halogenated alkanes) is 1. The third-order valence-electron chi connectivity index (χ3n) is 1.64. The zero-order valence-corrected chi connectivity index (χ0v) is 9.37. The number of hydrogen-bond acceptors (Lipinski definition) is 5. The van der Waals surface area contributed by atoms with Gasteiger partial charge >= 0.3 is 5.97 Å². The Labute approximate surface area is 90.9 Å². The Kier molecular flexibility index (Phi) is 10.9.